The van der Waals surface area contributed by atoms with Gasteiger partial charge in [0.15, 0.2) is 0 Å². The van der Waals surface area contributed by atoms with Gasteiger partial charge in [0.1, 0.15) is 35.7 Å². The Morgan fingerprint density at radius 1 is 0.964 bits per heavy atom. The quantitative estimate of drug-likeness (QED) is 0.0895. The van der Waals surface area contributed by atoms with Gasteiger partial charge in [-0.3, -0.25) is 28.7 Å². The highest BCUT2D eigenvalue weighted by Crippen LogP contribution is 2.29. The van der Waals surface area contributed by atoms with Crippen LogP contribution in [0.2, 0.25) is 5.02 Å². The molecule has 0 saturated carbocycles. The minimum Gasteiger partial charge on any atom is -0.508 e. The molecule has 1 fully saturated rings. The average molecular weight is 785 g/mol. The van der Waals surface area contributed by atoms with Crippen molar-refractivity contribution in [2.24, 2.45) is 5.73 Å². The van der Waals surface area contributed by atoms with Crippen molar-refractivity contribution in [3.63, 3.8) is 0 Å². The number of hydrogen-bond acceptors (Lipinski definition) is 11. The van der Waals surface area contributed by atoms with Crippen molar-refractivity contribution >= 4 is 41.3 Å². The Balaban J connectivity index is 1.45. The molecule has 1 aromatic heterocycles. The number of hydrogen-bond donors (Lipinski definition) is 10. The molecule has 0 spiro atoms. The van der Waals surface area contributed by atoms with Gasteiger partial charge in [-0.15, -0.1) is 0 Å². The zero-order valence-corrected chi connectivity index (χ0v) is 30.3. The summed E-state index contributed by atoms with van der Waals surface area (Å²) in [5.41, 5.74) is 5.79. The number of nitrogens with zero attached hydrogens (tertiary/aromatic N) is 1. The molecule has 294 valence electrons. The fourth-order valence-corrected chi connectivity index (χ4v) is 5.66. The van der Waals surface area contributed by atoms with Gasteiger partial charge >= 0.3 is 17.7 Å². The number of rotatable bonds is 15. The fourth-order valence-electron chi connectivity index (χ4n) is 5.44. The molecule has 20 heteroatoms. The van der Waals surface area contributed by atoms with Crippen LogP contribution in [0, 0.1) is 0 Å². The van der Waals surface area contributed by atoms with Crippen LogP contribution < -0.4 is 43.6 Å². The smallest absolute Gasteiger partial charge is 0.331 e. The van der Waals surface area contributed by atoms with Crippen LogP contribution in [0.15, 0.2) is 82.3 Å². The van der Waals surface area contributed by atoms with Crippen molar-refractivity contribution in [3.8, 4) is 5.75 Å². The molecule has 55 heavy (non-hydrogen) atoms. The maximum Gasteiger partial charge on any atom is 0.331 e. The number of carboxylic acid groups (broad SMARTS) is 1. The van der Waals surface area contributed by atoms with Crippen molar-refractivity contribution in [1.29, 1.82) is 0 Å². The largest absolute Gasteiger partial charge is 0.508 e. The second-order valence-corrected chi connectivity index (χ2v) is 13.2. The lowest BCUT2D eigenvalue weighted by molar-refractivity contribution is -0.139. The number of nitrogens with one attached hydrogen (secondary N) is 6. The van der Waals surface area contributed by atoms with E-state index in [-0.39, 0.29) is 30.8 Å². The van der Waals surface area contributed by atoms with E-state index in [0.29, 0.717) is 16.1 Å². The molecule has 0 unspecified atom stereocenters. The van der Waals surface area contributed by atoms with Crippen molar-refractivity contribution in [3.05, 3.63) is 110 Å². The van der Waals surface area contributed by atoms with Gasteiger partial charge < -0.3 is 52.4 Å². The van der Waals surface area contributed by atoms with E-state index in [1.165, 1.54) is 26.0 Å². The first-order chi connectivity index (χ1) is 26.0. The van der Waals surface area contributed by atoms with Gasteiger partial charge in [-0.1, -0.05) is 35.9 Å². The number of phenolic OH excluding ortho intramolecular Hbond substituents is 1. The number of nitrogens with two attached hydrogens (primary N) is 1. The summed E-state index contributed by atoms with van der Waals surface area (Å²) < 4.78 is 6.59. The van der Waals surface area contributed by atoms with Crippen LogP contribution in [0.5, 0.6) is 5.75 Å². The first-order valence-corrected chi connectivity index (χ1v) is 17.2. The molecule has 1 saturated heterocycles. The summed E-state index contributed by atoms with van der Waals surface area (Å²) in [7, 11) is 0. The number of phenols is 1. The highest BCUT2D eigenvalue weighted by Gasteiger charge is 2.35. The molecule has 7 atom stereocenters. The van der Waals surface area contributed by atoms with Gasteiger partial charge in [-0.25, -0.2) is 14.4 Å². The Morgan fingerprint density at radius 3 is 2.33 bits per heavy atom. The predicted octanol–water partition coefficient (Wildman–Crippen LogP) is -0.924. The molecule has 11 N–H and O–H groups in total. The Bertz CT molecular complexity index is 2040. The van der Waals surface area contributed by atoms with Crippen LogP contribution in [-0.2, 0) is 36.8 Å². The first-order valence-electron chi connectivity index (χ1n) is 16.8. The van der Waals surface area contributed by atoms with E-state index in [9.17, 15) is 48.9 Å². The third-order valence-electron chi connectivity index (χ3n) is 8.36. The van der Waals surface area contributed by atoms with Crippen molar-refractivity contribution < 1.29 is 44.0 Å². The number of H-pyrrole nitrogens is 1. The highest BCUT2D eigenvalue weighted by molar-refractivity contribution is 6.30. The molecule has 5 amide bonds. The minimum absolute atomic E-state index is 0.0220. The minimum atomic E-state index is -1.51. The number of aromatic hydroxyl groups is 1. The Kier molecular flexibility index (Phi) is 14.2. The molecule has 0 radical (unpaired) electrons. The van der Waals surface area contributed by atoms with Crippen LogP contribution in [0.1, 0.15) is 37.6 Å². The van der Waals surface area contributed by atoms with Crippen molar-refractivity contribution in [2.45, 2.75) is 75.7 Å². The normalized spacial score (nSPS) is 18.5. The molecule has 3 aromatic rings. The van der Waals surface area contributed by atoms with Crippen LogP contribution in [0.4, 0.5) is 4.79 Å². The molecular weight excluding hydrogens is 744 g/mol. The molecule has 19 nitrogen and oxygen atoms in total. The van der Waals surface area contributed by atoms with E-state index in [0.717, 1.165) is 23.0 Å². The number of carbonyl (C=O) groups is 5. The maximum atomic E-state index is 13.6. The van der Waals surface area contributed by atoms with E-state index >= 15 is 0 Å². The number of benzene rings is 2. The Hall–Kier alpha value is -6.18. The molecule has 1 aliphatic rings. The average Bonchev–Trinajstić information content (AvgIpc) is 3.49. The van der Waals surface area contributed by atoms with E-state index in [1.807, 2.05) is 4.98 Å². The van der Waals surface area contributed by atoms with Gasteiger partial charge in [-0.2, -0.15) is 0 Å². The summed E-state index contributed by atoms with van der Waals surface area (Å²) in [6, 6.07) is 6.01. The van der Waals surface area contributed by atoms with Crippen LogP contribution in [-0.4, -0.2) is 90.9 Å². The molecule has 1 aliphatic heterocycles. The maximum absolute atomic E-state index is 13.6. The van der Waals surface area contributed by atoms with Gasteiger partial charge in [0.25, 0.3) is 5.56 Å². The van der Waals surface area contributed by atoms with E-state index in [1.54, 1.807) is 36.4 Å². The summed E-state index contributed by atoms with van der Waals surface area (Å²) in [6.07, 6.45) is -0.463. The number of aliphatic carboxylic acids is 1. The number of aromatic amines is 1. The van der Waals surface area contributed by atoms with E-state index < -0.39 is 83.5 Å². The fraction of sp³-hybridized carbons (Fsp3) is 0.343. The standard InChI is InChI=1S/C35H41ClN8O11/c1-17(39-30(49)24(37)13-19-6-8-22(45)9-7-19)28(31(50)38-16-23-15-26(46)32(55-23)44-11-10-27(47)42-35(44)54)43-29(48)18(2)40-34(53)41-25(33(51)52)14-20-4-3-5-21(36)12-20/h3-12,16-18,24-26,28,32,45-46H,13-15,37H2,1-2H3,(H,38,50)(H,39,49)(H,43,48)(H,51,52)(H2,40,41,53)(H,42,47,54)/b23-16-/t17-,18-,24-,25-,26+,28-,32+/m0/s1. The summed E-state index contributed by atoms with van der Waals surface area (Å²) in [6.45, 7) is 2.69. The summed E-state index contributed by atoms with van der Waals surface area (Å²) in [4.78, 5) is 90.4. The second kappa shape index (κ2) is 18.7. The number of aliphatic hydroxyl groups excluding tert-OH is 1. The number of amides is 5. The summed E-state index contributed by atoms with van der Waals surface area (Å²) in [5.74, 6) is -3.76. The Labute approximate surface area is 317 Å². The molecular formula is C35H41ClN8O11. The van der Waals surface area contributed by atoms with Crippen molar-refractivity contribution in [2.75, 3.05) is 0 Å². The molecule has 2 heterocycles. The predicted molar refractivity (Wildman–Crippen MR) is 195 cm³/mol. The van der Waals surface area contributed by atoms with E-state index in [4.69, 9.17) is 22.1 Å². The number of ether oxygens (including phenoxy) is 1. The van der Waals surface area contributed by atoms with Crippen LogP contribution in [0.3, 0.4) is 0 Å². The topological polar surface area (TPSA) is 296 Å². The molecule has 0 bridgehead atoms. The zero-order chi connectivity index (χ0) is 40.4. The van der Waals surface area contributed by atoms with Gasteiger partial charge in [0, 0.05) is 36.3 Å². The molecule has 4 rings (SSSR count). The SMILES string of the molecule is C[C@H](NC(=O)N[C@@H](Cc1cccc(Cl)c1)C(=O)O)C(=O)N[C@H](C(=O)N/C=C1/C[C@@H](O)[C@H](n2ccc(=O)[nH]c2=O)O1)[C@H](C)NC(=O)[C@@H](N)Cc1ccc(O)cc1. The number of carboxylic acids is 1. The number of aliphatic hydroxyl groups is 1. The summed E-state index contributed by atoms with van der Waals surface area (Å²) >= 11 is 5.98. The first kappa shape index (κ1) is 41.6. The van der Waals surface area contributed by atoms with Crippen LogP contribution >= 0.6 is 11.6 Å². The number of aromatic nitrogens is 2. The van der Waals surface area contributed by atoms with Gasteiger partial charge in [-0.05, 0) is 55.7 Å². The molecule has 0 aliphatic carbocycles. The van der Waals surface area contributed by atoms with E-state index in [2.05, 4.69) is 26.6 Å². The lowest BCUT2D eigenvalue weighted by Gasteiger charge is -2.27. The lowest BCUT2D eigenvalue weighted by Crippen LogP contribution is -2.61. The Morgan fingerprint density at radius 2 is 1.67 bits per heavy atom. The van der Waals surface area contributed by atoms with Gasteiger partial charge in [0.2, 0.25) is 23.9 Å². The zero-order valence-electron chi connectivity index (χ0n) is 29.5. The van der Waals surface area contributed by atoms with Gasteiger partial charge in [0.05, 0.1) is 12.1 Å². The van der Waals surface area contributed by atoms with Crippen molar-refractivity contribution in [1.82, 2.24) is 36.1 Å². The number of urea groups is 1. The van der Waals surface area contributed by atoms with Crippen LogP contribution in [0.25, 0.3) is 0 Å². The molecule has 2 aromatic carbocycles. The lowest BCUT2D eigenvalue weighted by atomic mass is 10.0. The monoisotopic (exact) mass is 784 g/mol. The number of carbonyl (C=O) groups excluding carboxylic acids is 4. The third kappa shape index (κ3) is 11.9. The third-order valence-corrected chi connectivity index (χ3v) is 8.60. The highest BCUT2D eigenvalue weighted by atomic mass is 35.5. The number of halogens is 1. The second-order valence-electron chi connectivity index (χ2n) is 12.7. The summed E-state index contributed by atoms with van der Waals surface area (Å²) in [5, 5.41) is 42.2.